The lowest BCUT2D eigenvalue weighted by atomic mass is 10.1. The fourth-order valence-electron chi connectivity index (χ4n) is 3.10. The zero-order valence-corrected chi connectivity index (χ0v) is 12.3. The van der Waals surface area contributed by atoms with E-state index in [9.17, 15) is 14.7 Å². The molecule has 0 spiro atoms. The van der Waals surface area contributed by atoms with E-state index in [0.717, 1.165) is 25.9 Å². The smallest absolute Gasteiger partial charge is 0.356 e. The lowest BCUT2D eigenvalue weighted by molar-refractivity contribution is 0.0691. The predicted molar refractivity (Wildman–Crippen MR) is 82.6 cm³/mol. The number of para-hydroxylation sites is 1. The van der Waals surface area contributed by atoms with Crippen LogP contribution < -0.4 is 0 Å². The van der Waals surface area contributed by atoms with Crippen LogP contribution in [0.2, 0.25) is 0 Å². The van der Waals surface area contributed by atoms with Crippen molar-refractivity contribution in [1.29, 1.82) is 0 Å². The molecule has 1 saturated heterocycles. The highest BCUT2D eigenvalue weighted by molar-refractivity contribution is 6.07. The van der Waals surface area contributed by atoms with Gasteiger partial charge in [-0.15, -0.1) is 0 Å². The monoisotopic (exact) mass is 310 g/mol. The van der Waals surface area contributed by atoms with Crippen molar-refractivity contribution in [3.05, 3.63) is 42.0 Å². The van der Waals surface area contributed by atoms with E-state index in [1.54, 1.807) is 21.4 Å². The lowest BCUT2D eigenvalue weighted by Crippen LogP contribution is -2.28. The van der Waals surface area contributed by atoms with Gasteiger partial charge in [0.1, 0.15) is 5.52 Å². The Morgan fingerprint density at radius 1 is 1.13 bits per heavy atom. The SMILES string of the molecule is O=C(O)c1nc2c(C(=O)N3CCCC3)cccc2n2cncc12. The summed E-state index contributed by atoms with van der Waals surface area (Å²) in [7, 11) is 0. The maximum absolute atomic E-state index is 12.7. The minimum absolute atomic E-state index is 0.100. The normalized spacial score (nSPS) is 14.7. The number of likely N-dealkylation sites (tertiary alicyclic amines) is 1. The number of fused-ring (bicyclic) bond motifs is 3. The number of rotatable bonds is 2. The number of carboxylic acids is 1. The van der Waals surface area contributed by atoms with Gasteiger partial charge in [0.15, 0.2) is 5.69 Å². The van der Waals surface area contributed by atoms with Crippen molar-refractivity contribution in [2.45, 2.75) is 12.8 Å². The van der Waals surface area contributed by atoms with Gasteiger partial charge < -0.3 is 10.0 Å². The van der Waals surface area contributed by atoms with Crippen LogP contribution in [0.1, 0.15) is 33.7 Å². The summed E-state index contributed by atoms with van der Waals surface area (Å²) < 4.78 is 1.66. The number of amides is 1. The number of hydrogen-bond acceptors (Lipinski definition) is 4. The lowest BCUT2D eigenvalue weighted by Gasteiger charge is -2.16. The molecule has 1 aliphatic rings. The maximum Gasteiger partial charge on any atom is 0.356 e. The van der Waals surface area contributed by atoms with Gasteiger partial charge in [-0.2, -0.15) is 0 Å². The van der Waals surface area contributed by atoms with Crippen LogP contribution in [-0.4, -0.2) is 49.3 Å². The Labute approximate surface area is 131 Å². The van der Waals surface area contributed by atoms with Crippen LogP contribution in [0.5, 0.6) is 0 Å². The van der Waals surface area contributed by atoms with Crippen molar-refractivity contribution < 1.29 is 14.7 Å². The van der Waals surface area contributed by atoms with E-state index < -0.39 is 5.97 Å². The van der Waals surface area contributed by atoms with Crippen LogP contribution in [0.15, 0.2) is 30.7 Å². The van der Waals surface area contributed by atoms with Crippen LogP contribution in [0.3, 0.4) is 0 Å². The maximum atomic E-state index is 12.7. The highest BCUT2D eigenvalue weighted by atomic mass is 16.4. The Morgan fingerprint density at radius 3 is 2.65 bits per heavy atom. The minimum Gasteiger partial charge on any atom is -0.476 e. The Kier molecular flexibility index (Phi) is 3.00. The third-order valence-corrected chi connectivity index (χ3v) is 4.21. The first-order valence-corrected chi connectivity index (χ1v) is 7.44. The van der Waals surface area contributed by atoms with E-state index in [4.69, 9.17) is 0 Å². The highest BCUT2D eigenvalue weighted by Crippen LogP contribution is 2.23. The van der Waals surface area contributed by atoms with E-state index in [2.05, 4.69) is 9.97 Å². The molecule has 0 saturated carbocycles. The van der Waals surface area contributed by atoms with Gasteiger partial charge in [-0.05, 0) is 25.0 Å². The van der Waals surface area contributed by atoms with Gasteiger partial charge in [-0.1, -0.05) is 6.07 Å². The number of carbonyl (C=O) groups is 2. The molecule has 1 fully saturated rings. The number of hydrogen-bond donors (Lipinski definition) is 1. The van der Waals surface area contributed by atoms with E-state index >= 15 is 0 Å². The molecule has 0 radical (unpaired) electrons. The molecule has 1 amide bonds. The molecule has 1 N–H and O–H groups in total. The molecule has 0 atom stereocenters. The molecule has 1 aliphatic heterocycles. The Bertz CT molecular complexity index is 941. The summed E-state index contributed by atoms with van der Waals surface area (Å²) in [4.78, 5) is 34.3. The molecular weight excluding hydrogens is 296 g/mol. The average Bonchev–Trinajstić information content (AvgIpc) is 3.23. The second-order valence-electron chi connectivity index (χ2n) is 5.59. The van der Waals surface area contributed by atoms with Crippen LogP contribution in [0.4, 0.5) is 0 Å². The summed E-state index contributed by atoms with van der Waals surface area (Å²) in [6, 6.07) is 5.29. The summed E-state index contributed by atoms with van der Waals surface area (Å²) in [5.41, 5.74) is 1.81. The van der Waals surface area contributed by atoms with Crippen molar-refractivity contribution in [1.82, 2.24) is 19.3 Å². The van der Waals surface area contributed by atoms with Gasteiger partial charge in [0.25, 0.3) is 5.91 Å². The first kappa shape index (κ1) is 13.7. The first-order valence-electron chi connectivity index (χ1n) is 7.44. The Balaban J connectivity index is 2.00. The molecule has 0 unspecified atom stereocenters. The number of imidazole rings is 1. The molecular formula is C16H14N4O3. The molecule has 1 aromatic carbocycles. The summed E-state index contributed by atoms with van der Waals surface area (Å²) >= 11 is 0. The van der Waals surface area contributed by atoms with E-state index in [1.807, 2.05) is 6.07 Å². The zero-order valence-electron chi connectivity index (χ0n) is 12.3. The predicted octanol–water partition coefficient (Wildman–Crippen LogP) is 1.82. The Morgan fingerprint density at radius 2 is 1.91 bits per heavy atom. The van der Waals surface area contributed by atoms with Crippen molar-refractivity contribution in [3.8, 4) is 0 Å². The van der Waals surface area contributed by atoms with Crippen LogP contribution in [0.25, 0.3) is 16.6 Å². The summed E-state index contributed by atoms with van der Waals surface area (Å²) in [5, 5.41) is 9.40. The van der Waals surface area contributed by atoms with Gasteiger partial charge in [-0.3, -0.25) is 9.20 Å². The minimum atomic E-state index is -1.14. The topological polar surface area (TPSA) is 87.8 Å². The number of benzene rings is 1. The molecule has 23 heavy (non-hydrogen) atoms. The second kappa shape index (κ2) is 5.05. The molecule has 116 valence electrons. The molecule has 3 aromatic rings. The molecule has 3 heterocycles. The quantitative estimate of drug-likeness (QED) is 0.780. The zero-order chi connectivity index (χ0) is 16.0. The van der Waals surface area contributed by atoms with Crippen LogP contribution in [-0.2, 0) is 0 Å². The summed E-state index contributed by atoms with van der Waals surface area (Å²) in [6.07, 6.45) is 4.99. The van der Waals surface area contributed by atoms with Gasteiger partial charge >= 0.3 is 5.97 Å². The molecule has 7 nitrogen and oxygen atoms in total. The fraction of sp³-hybridized carbons (Fsp3) is 0.250. The molecule has 2 aromatic heterocycles. The standard InChI is InChI=1S/C16H14N4O3/c21-15(19-6-1-2-7-19)10-4-3-5-11-13(10)18-14(16(22)23)12-8-17-9-20(11)12/h3-5,8-9H,1-2,6-7H2,(H,22,23). The average molecular weight is 310 g/mol. The number of aromatic carboxylic acids is 1. The summed E-state index contributed by atoms with van der Waals surface area (Å²) in [6.45, 7) is 1.46. The summed E-state index contributed by atoms with van der Waals surface area (Å²) in [5.74, 6) is -1.24. The van der Waals surface area contributed by atoms with E-state index in [0.29, 0.717) is 22.1 Å². The van der Waals surface area contributed by atoms with Crippen molar-refractivity contribution in [3.63, 3.8) is 0 Å². The first-order chi connectivity index (χ1) is 11.2. The number of carbonyl (C=O) groups excluding carboxylic acids is 1. The van der Waals surface area contributed by atoms with E-state index in [-0.39, 0.29) is 11.6 Å². The third kappa shape index (κ3) is 2.04. The van der Waals surface area contributed by atoms with E-state index in [1.165, 1.54) is 12.5 Å². The second-order valence-corrected chi connectivity index (χ2v) is 5.59. The molecule has 0 aliphatic carbocycles. The van der Waals surface area contributed by atoms with Crippen LogP contribution >= 0.6 is 0 Å². The van der Waals surface area contributed by atoms with Crippen molar-refractivity contribution in [2.75, 3.05) is 13.1 Å². The number of aromatic nitrogens is 3. The van der Waals surface area contributed by atoms with Crippen molar-refractivity contribution in [2.24, 2.45) is 0 Å². The fourth-order valence-corrected chi connectivity index (χ4v) is 3.10. The van der Waals surface area contributed by atoms with Crippen molar-refractivity contribution >= 4 is 28.4 Å². The van der Waals surface area contributed by atoms with Crippen LogP contribution in [0, 0.1) is 0 Å². The Hall–Kier alpha value is -2.96. The van der Waals surface area contributed by atoms with Gasteiger partial charge in [0.05, 0.1) is 29.1 Å². The van der Waals surface area contributed by atoms with Gasteiger partial charge in [0.2, 0.25) is 0 Å². The van der Waals surface area contributed by atoms with Gasteiger partial charge in [-0.25, -0.2) is 14.8 Å². The van der Waals surface area contributed by atoms with Gasteiger partial charge in [0, 0.05) is 13.1 Å². The molecule has 0 bridgehead atoms. The highest BCUT2D eigenvalue weighted by Gasteiger charge is 2.23. The largest absolute Gasteiger partial charge is 0.476 e. The third-order valence-electron chi connectivity index (χ3n) is 4.21. The molecule has 7 heteroatoms. The number of nitrogens with zero attached hydrogens (tertiary/aromatic N) is 4. The number of carboxylic acid groups (broad SMARTS) is 1. The molecule has 4 rings (SSSR count).